The van der Waals surface area contributed by atoms with Crippen LogP contribution in [0, 0.1) is 40.4 Å². The van der Waals surface area contributed by atoms with Gasteiger partial charge in [-0.15, -0.1) is 0 Å². The van der Waals surface area contributed by atoms with Crippen LogP contribution in [-0.2, 0) is 33.4 Å². The molecular formula is C34H51NO10. The molecule has 1 aliphatic heterocycles. The molecule has 0 aromatic heterocycles. The summed E-state index contributed by atoms with van der Waals surface area (Å²) in [4.78, 5) is 63.8. The number of piperidine rings is 1. The second-order valence-corrected chi connectivity index (χ2v) is 15.4. The zero-order chi connectivity index (χ0) is 32.7. The van der Waals surface area contributed by atoms with Gasteiger partial charge >= 0.3 is 23.9 Å². The molecule has 3 N–H and O–H groups in total. The molecule has 252 valence electrons. The minimum Gasteiger partial charge on any atom is -0.481 e. The Balaban J connectivity index is 1.33. The molecule has 5 aliphatic rings. The molecule has 5 fully saturated rings. The molecule has 45 heavy (non-hydrogen) atoms. The highest BCUT2D eigenvalue weighted by Gasteiger charge is 2.65. The van der Waals surface area contributed by atoms with Crippen LogP contribution in [0.5, 0.6) is 0 Å². The quantitative estimate of drug-likeness (QED) is 0.299. The van der Waals surface area contributed by atoms with E-state index in [0.29, 0.717) is 31.1 Å². The van der Waals surface area contributed by atoms with Gasteiger partial charge in [0.2, 0.25) is 0 Å². The summed E-state index contributed by atoms with van der Waals surface area (Å²) in [5.74, 6) is -3.23. The van der Waals surface area contributed by atoms with E-state index in [2.05, 4.69) is 18.7 Å². The second kappa shape index (κ2) is 12.9. The number of ketones is 1. The number of aliphatic hydroxyl groups is 1. The molecule has 4 saturated carbocycles. The summed E-state index contributed by atoms with van der Waals surface area (Å²) in [5, 5.41) is 28.7. The first kappa shape index (κ1) is 33.8. The zero-order valence-corrected chi connectivity index (χ0v) is 27.0. The number of esters is 2. The lowest BCUT2D eigenvalue weighted by atomic mass is 9.43. The van der Waals surface area contributed by atoms with Crippen molar-refractivity contribution in [3.05, 3.63) is 0 Å². The average Bonchev–Trinajstić information content (AvgIpc) is 3.30. The zero-order valence-electron chi connectivity index (χ0n) is 27.0. The van der Waals surface area contributed by atoms with Crippen molar-refractivity contribution >= 4 is 29.7 Å². The summed E-state index contributed by atoms with van der Waals surface area (Å²) in [6, 6.07) is 0. The number of aliphatic carboxylic acids is 2. The van der Waals surface area contributed by atoms with Crippen LogP contribution < -0.4 is 0 Å². The number of rotatable bonds is 10. The normalized spacial score (nSPS) is 39.3. The fraction of sp³-hybridized carbons (Fsp3) is 0.853. The van der Waals surface area contributed by atoms with E-state index < -0.39 is 42.5 Å². The average molecular weight is 634 g/mol. The molecule has 0 amide bonds. The highest BCUT2D eigenvalue weighted by Crippen LogP contribution is 2.68. The topological polar surface area (TPSA) is 168 Å². The predicted octanol–water partition coefficient (Wildman–Crippen LogP) is 3.83. The van der Waals surface area contributed by atoms with Crippen LogP contribution in [0.3, 0.4) is 0 Å². The largest absolute Gasteiger partial charge is 0.481 e. The monoisotopic (exact) mass is 633 g/mol. The third-order valence-electron chi connectivity index (χ3n) is 12.7. The number of carboxylic acid groups (broad SMARTS) is 2. The van der Waals surface area contributed by atoms with Crippen molar-refractivity contribution in [1.29, 1.82) is 0 Å². The van der Waals surface area contributed by atoms with Crippen molar-refractivity contribution in [1.82, 2.24) is 4.90 Å². The summed E-state index contributed by atoms with van der Waals surface area (Å²) in [7, 11) is 0. The molecule has 4 unspecified atom stereocenters. The summed E-state index contributed by atoms with van der Waals surface area (Å²) in [6.45, 7) is 8.31. The fourth-order valence-corrected chi connectivity index (χ4v) is 10.6. The third kappa shape index (κ3) is 6.66. The molecule has 5 rings (SSSR count). The maximum atomic E-state index is 13.4. The van der Waals surface area contributed by atoms with Crippen LogP contribution >= 0.6 is 0 Å². The number of ether oxygens (including phenoxy) is 2. The Labute approximate surface area is 265 Å². The summed E-state index contributed by atoms with van der Waals surface area (Å²) < 4.78 is 12.1. The van der Waals surface area contributed by atoms with Gasteiger partial charge in [-0.05, 0) is 113 Å². The molecule has 0 aromatic carbocycles. The standard InChI is InChI=1S/C34H51NO10/c1-20(36)24-9-10-25-23-8-7-21-15-22(44-28(39)18-34(43,31(41)42)17-27(37)38)11-12-32(21,2)30(23)26(16-33(24,25)3)45-29(40)19-35-13-5-4-6-14-35/h21-26,30,43H,4-19H2,1-3H3,(H,37,38)(H,41,42)/t21?,22?,23-,24+,25-,26?,30+,32-,33+,34?/m0/s1. The molecular weight excluding hydrogens is 582 g/mol. The van der Waals surface area contributed by atoms with Crippen LogP contribution in [0.1, 0.15) is 104 Å². The van der Waals surface area contributed by atoms with Gasteiger partial charge in [-0.2, -0.15) is 0 Å². The highest BCUT2D eigenvalue weighted by atomic mass is 16.5. The summed E-state index contributed by atoms with van der Waals surface area (Å²) in [6.07, 6.45) is 6.77. The van der Waals surface area contributed by atoms with Crippen molar-refractivity contribution in [2.24, 2.45) is 40.4 Å². The Bertz CT molecular complexity index is 1180. The third-order valence-corrected chi connectivity index (χ3v) is 12.7. The van der Waals surface area contributed by atoms with E-state index in [0.717, 1.165) is 58.0 Å². The highest BCUT2D eigenvalue weighted by molar-refractivity contribution is 5.88. The molecule has 11 heteroatoms. The maximum absolute atomic E-state index is 13.4. The van der Waals surface area contributed by atoms with Gasteiger partial charge in [0.15, 0.2) is 5.60 Å². The van der Waals surface area contributed by atoms with E-state index in [1.807, 2.05) is 0 Å². The van der Waals surface area contributed by atoms with Crippen molar-refractivity contribution < 1.29 is 48.8 Å². The maximum Gasteiger partial charge on any atom is 0.336 e. The SMILES string of the molecule is CC(=O)[C@H]1CC[C@H]2[C@@H]3CCC4CC(OC(=O)CC(O)(CC(=O)O)C(=O)O)CC[C@]4(C)[C@H]3C(OC(=O)CN3CCCCC3)C[C@]12C. The molecule has 1 saturated heterocycles. The van der Waals surface area contributed by atoms with E-state index in [1.54, 1.807) is 6.92 Å². The van der Waals surface area contributed by atoms with Gasteiger partial charge < -0.3 is 24.8 Å². The molecule has 0 bridgehead atoms. The van der Waals surface area contributed by atoms with E-state index in [9.17, 15) is 34.2 Å². The lowest BCUT2D eigenvalue weighted by molar-refractivity contribution is -0.203. The molecule has 0 spiro atoms. The lowest BCUT2D eigenvalue weighted by Crippen LogP contribution is -2.60. The van der Waals surface area contributed by atoms with Gasteiger partial charge in [-0.25, -0.2) is 4.79 Å². The van der Waals surface area contributed by atoms with Gasteiger partial charge in [0, 0.05) is 11.8 Å². The van der Waals surface area contributed by atoms with Crippen molar-refractivity contribution in [3.63, 3.8) is 0 Å². The first-order valence-corrected chi connectivity index (χ1v) is 17.0. The van der Waals surface area contributed by atoms with Crippen LogP contribution in [0.2, 0.25) is 0 Å². The minimum atomic E-state index is -2.73. The van der Waals surface area contributed by atoms with E-state index >= 15 is 0 Å². The smallest absolute Gasteiger partial charge is 0.336 e. The first-order valence-electron chi connectivity index (χ1n) is 17.0. The molecule has 0 radical (unpaired) electrons. The van der Waals surface area contributed by atoms with Gasteiger partial charge in [0.05, 0.1) is 19.4 Å². The van der Waals surface area contributed by atoms with Crippen LogP contribution in [0.15, 0.2) is 0 Å². The van der Waals surface area contributed by atoms with E-state index in [4.69, 9.17) is 14.6 Å². The number of carboxylic acids is 2. The van der Waals surface area contributed by atoms with Crippen LogP contribution in [-0.4, -0.2) is 87.3 Å². The Morgan fingerprint density at radius 3 is 2.22 bits per heavy atom. The van der Waals surface area contributed by atoms with Gasteiger partial charge in [-0.3, -0.25) is 24.1 Å². The molecule has 4 aliphatic carbocycles. The minimum absolute atomic E-state index is 0.0296. The molecule has 0 aromatic rings. The lowest BCUT2D eigenvalue weighted by Gasteiger charge is -2.62. The summed E-state index contributed by atoms with van der Waals surface area (Å²) >= 11 is 0. The van der Waals surface area contributed by atoms with Crippen LogP contribution in [0.25, 0.3) is 0 Å². The van der Waals surface area contributed by atoms with Crippen LogP contribution in [0.4, 0.5) is 0 Å². The summed E-state index contributed by atoms with van der Waals surface area (Å²) in [5.41, 5.74) is -3.12. The second-order valence-electron chi connectivity index (χ2n) is 15.4. The van der Waals surface area contributed by atoms with Gasteiger partial charge in [0.25, 0.3) is 0 Å². The Kier molecular flexibility index (Phi) is 9.72. The Morgan fingerprint density at radius 2 is 1.58 bits per heavy atom. The number of hydrogen-bond donors (Lipinski definition) is 3. The number of carbonyl (C=O) groups is 5. The number of carbonyl (C=O) groups excluding carboxylic acids is 3. The van der Waals surface area contributed by atoms with Gasteiger partial charge in [0.1, 0.15) is 18.0 Å². The molecule has 1 heterocycles. The number of likely N-dealkylation sites (tertiary alicyclic amines) is 1. The van der Waals surface area contributed by atoms with E-state index in [-0.39, 0.29) is 53.0 Å². The van der Waals surface area contributed by atoms with Crippen molar-refractivity contribution in [2.75, 3.05) is 19.6 Å². The Hall–Kier alpha value is -2.53. The number of nitrogens with zero attached hydrogens (tertiary/aromatic N) is 1. The van der Waals surface area contributed by atoms with Gasteiger partial charge in [-0.1, -0.05) is 20.3 Å². The number of Topliss-reactive ketones (excluding diaryl/α,β-unsaturated/α-hetero) is 1. The number of fused-ring (bicyclic) bond motifs is 5. The Morgan fingerprint density at radius 1 is 0.867 bits per heavy atom. The first-order chi connectivity index (χ1) is 21.2. The van der Waals surface area contributed by atoms with Crippen molar-refractivity contribution in [2.45, 2.75) is 122 Å². The fourth-order valence-electron chi connectivity index (χ4n) is 10.6. The predicted molar refractivity (Wildman–Crippen MR) is 161 cm³/mol. The molecule has 11 nitrogen and oxygen atoms in total. The van der Waals surface area contributed by atoms with E-state index in [1.165, 1.54) is 6.42 Å². The molecule has 10 atom stereocenters. The van der Waals surface area contributed by atoms with Crippen molar-refractivity contribution in [3.8, 4) is 0 Å². The number of hydrogen-bond acceptors (Lipinski definition) is 9.